The number of carbonyl (C=O) groups is 2. The van der Waals surface area contributed by atoms with Crippen molar-refractivity contribution in [3.05, 3.63) is 54.1 Å². The van der Waals surface area contributed by atoms with Crippen LogP contribution in [0.5, 0.6) is 0 Å². The van der Waals surface area contributed by atoms with Gasteiger partial charge in [-0.25, -0.2) is 4.79 Å². The average molecular weight is 451 g/mol. The maximum Gasteiger partial charge on any atom is 0.327 e. The summed E-state index contributed by atoms with van der Waals surface area (Å²) in [6.45, 7) is 2.27. The summed E-state index contributed by atoms with van der Waals surface area (Å²) in [5, 5.41) is 24.4. The molecule has 1 fully saturated rings. The van der Waals surface area contributed by atoms with E-state index in [1.165, 1.54) is 11.8 Å². The molecule has 2 heterocycles. The summed E-state index contributed by atoms with van der Waals surface area (Å²) in [6.07, 6.45) is 1.06. The molecule has 9 nitrogen and oxygen atoms in total. The van der Waals surface area contributed by atoms with Gasteiger partial charge in [-0.05, 0) is 28.3 Å². The van der Waals surface area contributed by atoms with Crippen LogP contribution in [0.3, 0.4) is 0 Å². The number of rotatable bonds is 7. The molecule has 1 unspecified atom stereocenters. The van der Waals surface area contributed by atoms with E-state index in [9.17, 15) is 14.7 Å². The van der Waals surface area contributed by atoms with Gasteiger partial charge in [0.2, 0.25) is 11.7 Å². The zero-order valence-corrected chi connectivity index (χ0v) is 18.2. The van der Waals surface area contributed by atoms with Crippen molar-refractivity contribution in [1.82, 2.24) is 25.5 Å². The molecule has 0 aliphatic carbocycles. The second-order valence-corrected chi connectivity index (χ2v) is 8.30. The summed E-state index contributed by atoms with van der Waals surface area (Å²) in [6, 6.07) is 14.9. The number of H-pyrrole nitrogens is 1. The highest BCUT2D eigenvalue weighted by Crippen LogP contribution is 2.31. The Balaban J connectivity index is 1.58. The standard InChI is InChI=1S/C22H22N6O3S/c1-2-5-19(29)23-22-28(18(13-32-22)21(30)31)12-14-8-10-15(11-9-14)16-6-3-4-7-17(16)20-24-26-27-25-20/h3-4,6-11,18H,2,5,12-13H2,1H3,(H,30,31)(H,24,25,26,27). The second-order valence-electron chi connectivity index (χ2n) is 7.31. The smallest absolute Gasteiger partial charge is 0.327 e. The van der Waals surface area contributed by atoms with Gasteiger partial charge in [0, 0.05) is 24.3 Å². The van der Waals surface area contributed by atoms with E-state index < -0.39 is 12.0 Å². The third-order valence-electron chi connectivity index (χ3n) is 5.09. The Hall–Kier alpha value is -3.53. The molecule has 1 amide bonds. The molecule has 1 aliphatic heterocycles. The lowest BCUT2D eigenvalue weighted by Gasteiger charge is -2.23. The molecule has 3 aromatic rings. The third-order valence-corrected chi connectivity index (χ3v) is 6.16. The molecule has 0 bridgehead atoms. The lowest BCUT2D eigenvalue weighted by molar-refractivity contribution is -0.141. The van der Waals surface area contributed by atoms with E-state index in [4.69, 9.17) is 0 Å². The van der Waals surface area contributed by atoms with Crippen molar-refractivity contribution in [3.63, 3.8) is 0 Å². The Morgan fingerprint density at radius 3 is 2.59 bits per heavy atom. The number of tetrazole rings is 1. The van der Waals surface area contributed by atoms with E-state index in [0.717, 1.165) is 22.3 Å². The van der Waals surface area contributed by atoms with Crippen molar-refractivity contribution >= 4 is 28.8 Å². The first-order valence-electron chi connectivity index (χ1n) is 10.2. The van der Waals surface area contributed by atoms with Gasteiger partial charge in [-0.1, -0.05) is 67.2 Å². The van der Waals surface area contributed by atoms with Crippen LogP contribution < -0.4 is 0 Å². The first-order valence-corrected chi connectivity index (χ1v) is 11.2. The molecule has 2 N–H and O–H groups in total. The molecule has 0 spiro atoms. The van der Waals surface area contributed by atoms with Crippen molar-refractivity contribution < 1.29 is 14.7 Å². The van der Waals surface area contributed by atoms with E-state index in [0.29, 0.717) is 36.1 Å². The van der Waals surface area contributed by atoms with Gasteiger partial charge in [-0.15, -0.1) is 10.2 Å². The molecule has 1 aromatic heterocycles. The summed E-state index contributed by atoms with van der Waals surface area (Å²) < 4.78 is 0. The van der Waals surface area contributed by atoms with Crippen LogP contribution in [0, 0.1) is 0 Å². The van der Waals surface area contributed by atoms with Crippen molar-refractivity contribution in [2.24, 2.45) is 4.99 Å². The molecule has 0 saturated carbocycles. The van der Waals surface area contributed by atoms with E-state index in [2.05, 4.69) is 25.6 Å². The van der Waals surface area contributed by atoms with Gasteiger partial charge in [0.15, 0.2) is 5.17 Å². The first kappa shape index (κ1) is 21.7. The van der Waals surface area contributed by atoms with Crippen LogP contribution in [0.25, 0.3) is 22.5 Å². The van der Waals surface area contributed by atoms with Gasteiger partial charge >= 0.3 is 5.97 Å². The third kappa shape index (κ3) is 4.70. The molecule has 2 aromatic carbocycles. The molecule has 1 atom stereocenters. The predicted molar refractivity (Wildman–Crippen MR) is 122 cm³/mol. The molecule has 164 valence electrons. The van der Waals surface area contributed by atoms with Crippen LogP contribution in [-0.2, 0) is 16.1 Å². The summed E-state index contributed by atoms with van der Waals surface area (Å²) >= 11 is 1.31. The SMILES string of the molecule is CCCC(=O)N=C1SCC(C(=O)O)N1Cc1ccc(-c2ccccc2-c2nn[nH]n2)cc1. The van der Waals surface area contributed by atoms with Gasteiger partial charge in [-0.2, -0.15) is 10.2 Å². The Morgan fingerprint density at radius 2 is 1.94 bits per heavy atom. The van der Waals surface area contributed by atoms with Crippen LogP contribution in [-0.4, -0.2) is 59.5 Å². The summed E-state index contributed by atoms with van der Waals surface area (Å²) in [5.74, 6) is -0.263. The molecule has 1 aliphatic rings. The molecule has 4 rings (SSSR count). The van der Waals surface area contributed by atoms with E-state index in [1.54, 1.807) is 4.90 Å². The maximum absolute atomic E-state index is 12.0. The molecular formula is C22H22N6O3S. The van der Waals surface area contributed by atoms with Crippen molar-refractivity contribution in [2.75, 3.05) is 5.75 Å². The monoisotopic (exact) mass is 450 g/mol. The second kappa shape index (κ2) is 9.73. The number of amidine groups is 1. The number of aliphatic imine (C=N–C) groups is 1. The number of benzene rings is 2. The number of aromatic nitrogens is 4. The highest BCUT2D eigenvalue weighted by Gasteiger charge is 2.35. The molecular weight excluding hydrogens is 428 g/mol. The molecule has 0 radical (unpaired) electrons. The number of hydrogen-bond acceptors (Lipinski definition) is 6. The molecule has 32 heavy (non-hydrogen) atoms. The van der Waals surface area contributed by atoms with Crippen LogP contribution >= 0.6 is 11.8 Å². The number of carboxylic acids is 1. The fraction of sp³-hybridized carbons (Fsp3) is 0.273. The summed E-state index contributed by atoms with van der Waals surface area (Å²) in [4.78, 5) is 29.6. The van der Waals surface area contributed by atoms with Crippen LogP contribution in [0.15, 0.2) is 53.5 Å². The number of aromatic amines is 1. The van der Waals surface area contributed by atoms with Gasteiger partial charge in [0.25, 0.3) is 0 Å². The van der Waals surface area contributed by atoms with E-state index in [1.807, 2.05) is 55.5 Å². The largest absolute Gasteiger partial charge is 0.480 e. The van der Waals surface area contributed by atoms with Crippen LogP contribution in [0.2, 0.25) is 0 Å². The number of aliphatic carboxylic acids is 1. The van der Waals surface area contributed by atoms with Gasteiger partial charge in [0.1, 0.15) is 6.04 Å². The number of thioether (sulfide) groups is 1. The van der Waals surface area contributed by atoms with Crippen LogP contribution in [0.1, 0.15) is 25.3 Å². The normalized spacial score (nSPS) is 17.1. The lowest BCUT2D eigenvalue weighted by Crippen LogP contribution is -2.39. The van der Waals surface area contributed by atoms with Crippen molar-refractivity contribution in [2.45, 2.75) is 32.4 Å². The van der Waals surface area contributed by atoms with E-state index >= 15 is 0 Å². The number of carboxylic acid groups (broad SMARTS) is 1. The highest BCUT2D eigenvalue weighted by atomic mass is 32.2. The number of carbonyl (C=O) groups excluding carboxylic acids is 1. The zero-order chi connectivity index (χ0) is 22.5. The van der Waals surface area contributed by atoms with Gasteiger partial charge < -0.3 is 10.0 Å². The quantitative estimate of drug-likeness (QED) is 0.562. The predicted octanol–water partition coefficient (Wildman–Crippen LogP) is 3.22. The Kier molecular flexibility index (Phi) is 6.60. The first-order chi connectivity index (χ1) is 15.6. The van der Waals surface area contributed by atoms with Gasteiger partial charge in [-0.3, -0.25) is 4.79 Å². The molecule has 1 saturated heterocycles. The fourth-order valence-electron chi connectivity index (χ4n) is 3.51. The summed E-state index contributed by atoms with van der Waals surface area (Å²) in [5.41, 5.74) is 3.73. The summed E-state index contributed by atoms with van der Waals surface area (Å²) in [7, 11) is 0. The maximum atomic E-state index is 12.0. The van der Waals surface area contributed by atoms with Crippen LogP contribution in [0.4, 0.5) is 0 Å². The topological polar surface area (TPSA) is 124 Å². The Morgan fingerprint density at radius 1 is 1.19 bits per heavy atom. The zero-order valence-electron chi connectivity index (χ0n) is 17.4. The molecule has 10 heteroatoms. The highest BCUT2D eigenvalue weighted by molar-refractivity contribution is 8.14. The van der Waals surface area contributed by atoms with Crippen molar-refractivity contribution in [1.29, 1.82) is 0 Å². The minimum Gasteiger partial charge on any atom is -0.480 e. The average Bonchev–Trinajstić information content (AvgIpc) is 3.45. The number of nitrogens with zero attached hydrogens (tertiary/aromatic N) is 5. The van der Waals surface area contributed by atoms with E-state index in [-0.39, 0.29) is 5.91 Å². The van der Waals surface area contributed by atoms with Crippen molar-refractivity contribution in [3.8, 4) is 22.5 Å². The minimum atomic E-state index is -0.920. The van der Waals surface area contributed by atoms with Gasteiger partial charge in [0.05, 0.1) is 0 Å². The number of amides is 1. The number of hydrogen-bond donors (Lipinski definition) is 2. The Bertz CT molecular complexity index is 1130. The lowest BCUT2D eigenvalue weighted by atomic mass is 9.98. The fourth-order valence-corrected chi connectivity index (χ4v) is 4.66. The Labute approximate surface area is 188 Å². The number of nitrogens with one attached hydrogen (secondary N) is 1. The minimum absolute atomic E-state index is 0.223.